The average molecular weight is 174 g/mol. The van der Waals surface area contributed by atoms with Crippen molar-refractivity contribution >= 4 is 5.78 Å². The van der Waals surface area contributed by atoms with Crippen LogP contribution in [0.2, 0.25) is 0 Å². The Morgan fingerprint density at radius 3 is 2.69 bits per heavy atom. The van der Waals surface area contributed by atoms with Gasteiger partial charge in [0.2, 0.25) is 0 Å². The Morgan fingerprint density at radius 1 is 1.31 bits per heavy atom. The van der Waals surface area contributed by atoms with Crippen molar-refractivity contribution in [2.75, 3.05) is 0 Å². The molecule has 0 spiro atoms. The van der Waals surface area contributed by atoms with E-state index in [9.17, 15) is 4.79 Å². The van der Waals surface area contributed by atoms with E-state index >= 15 is 0 Å². The highest BCUT2D eigenvalue weighted by Crippen LogP contribution is 2.24. The van der Waals surface area contributed by atoms with Crippen LogP contribution < -0.4 is 0 Å². The van der Waals surface area contributed by atoms with Crippen LogP contribution in [0, 0.1) is 5.92 Å². The van der Waals surface area contributed by atoms with E-state index in [1.165, 1.54) is 11.1 Å². The summed E-state index contributed by atoms with van der Waals surface area (Å²) in [5, 5.41) is 0. The summed E-state index contributed by atoms with van der Waals surface area (Å²) in [6, 6.07) is 8.28. The third kappa shape index (κ3) is 1.51. The first-order chi connectivity index (χ1) is 6.31. The van der Waals surface area contributed by atoms with Crippen LogP contribution in [-0.2, 0) is 17.6 Å². The molecular formula is C12H14O. The first kappa shape index (κ1) is 8.49. The molecule has 0 aliphatic heterocycles. The summed E-state index contributed by atoms with van der Waals surface area (Å²) in [5.74, 6) is 0.691. The number of Topliss-reactive ketones (excluding diaryl/α,β-unsaturated/α-hetero) is 1. The van der Waals surface area contributed by atoms with Gasteiger partial charge in [0.05, 0.1) is 0 Å². The van der Waals surface area contributed by atoms with Crippen molar-refractivity contribution in [2.24, 2.45) is 5.92 Å². The Bertz CT molecular complexity index is 328. The molecule has 1 aliphatic rings. The molecule has 2 rings (SSSR count). The molecule has 0 saturated carbocycles. The number of hydrogen-bond acceptors (Lipinski definition) is 1. The number of carbonyl (C=O) groups is 1. The zero-order valence-electron chi connectivity index (χ0n) is 7.92. The molecule has 0 unspecified atom stereocenters. The van der Waals surface area contributed by atoms with E-state index in [4.69, 9.17) is 0 Å². The van der Waals surface area contributed by atoms with Crippen LogP contribution in [-0.4, -0.2) is 5.78 Å². The van der Waals surface area contributed by atoms with Gasteiger partial charge in [-0.3, -0.25) is 4.79 Å². The number of benzene rings is 1. The van der Waals surface area contributed by atoms with Crippen LogP contribution in [0.25, 0.3) is 0 Å². The fourth-order valence-electron chi connectivity index (χ4n) is 2.01. The van der Waals surface area contributed by atoms with Crippen molar-refractivity contribution in [3.05, 3.63) is 35.4 Å². The minimum atomic E-state index is 0.273. The second-order valence-corrected chi connectivity index (χ2v) is 3.72. The molecule has 0 bridgehead atoms. The first-order valence-corrected chi connectivity index (χ1v) is 4.90. The largest absolute Gasteiger partial charge is 0.299 e. The van der Waals surface area contributed by atoms with Gasteiger partial charge in [0, 0.05) is 12.3 Å². The van der Waals surface area contributed by atoms with Crippen molar-refractivity contribution in [3.8, 4) is 0 Å². The topological polar surface area (TPSA) is 17.1 Å². The maximum Gasteiger partial charge on any atom is 0.140 e. The van der Waals surface area contributed by atoms with Gasteiger partial charge in [0.1, 0.15) is 5.78 Å². The lowest BCUT2D eigenvalue weighted by molar-refractivity contribution is -0.122. The quantitative estimate of drug-likeness (QED) is 0.639. The number of ketones is 1. The van der Waals surface area contributed by atoms with Gasteiger partial charge >= 0.3 is 0 Å². The maximum atomic E-state index is 11.6. The monoisotopic (exact) mass is 174 g/mol. The van der Waals surface area contributed by atoms with E-state index in [2.05, 4.69) is 25.1 Å². The number of rotatable bonds is 1. The minimum absolute atomic E-state index is 0.273. The fraction of sp³-hybridized carbons (Fsp3) is 0.417. The second-order valence-electron chi connectivity index (χ2n) is 3.72. The van der Waals surface area contributed by atoms with E-state index in [0.717, 1.165) is 12.8 Å². The van der Waals surface area contributed by atoms with Crippen LogP contribution in [0.3, 0.4) is 0 Å². The summed E-state index contributed by atoms with van der Waals surface area (Å²) >= 11 is 0. The molecule has 0 saturated heterocycles. The maximum absolute atomic E-state index is 11.6. The number of fused-ring (bicyclic) bond motifs is 1. The van der Waals surface area contributed by atoms with Gasteiger partial charge in [0.15, 0.2) is 0 Å². The number of carbonyl (C=O) groups excluding carboxylic acids is 1. The molecule has 0 amide bonds. The molecule has 0 fully saturated rings. The predicted octanol–water partition coefficient (Wildman–Crippen LogP) is 2.38. The first-order valence-electron chi connectivity index (χ1n) is 4.90. The van der Waals surface area contributed by atoms with Crippen LogP contribution in [0.4, 0.5) is 0 Å². The normalized spacial score (nSPS) is 21.3. The molecule has 1 aromatic carbocycles. The predicted molar refractivity (Wildman–Crippen MR) is 52.6 cm³/mol. The molecule has 0 heterocycles. The van der Waals surface area contributed by atoms with Gasteiger partial charge < -0.3 is 0 Å². The van der Waals surface area contributed by atoms with Crippen LogP contribution in [0.1, 0.15) is 24.5 Å². The molecule has 0 radical (unpaired) electrons. The standard InChI is InChI=1S/C12H14O/c1-2-9-7-10-5-3-4-6-11(10)8-12(9)13/h3-6,9H,2,7-8H2,1H3/t9-/m0/s1. The summed E-state index contributed by atoms with van der Waals surface area (Å²) in [4.78, 5) is 11.6. The molecule has 1 aliphatic carbocycles. The Kier molecular flexibility index (Phi) is 2.17. The van der Waals surface area contributed by atoms with Crippen molar-refractivity contribution in [1.29, 1.82) is 0 Å². The van der Waals surface area contributed by atoms with Crippen molar-refractivity contribution in [2.45, 2.75) is 26.2 Å². The molecule has 1 aromatic rings. The zero-order valence-corrected chi connectivity index (χ0v) is 7.92. The zero-order chi connectivity index (χ0) is 9.26. The van der Waals surface area contributed by atoms with Crippen LogP contribution in [0.15, 0.2) is 24.3 Å². The summed E-state index contributed by atoms with van der Waals surface area (Å²) < 4.78 is 0. The Balaban J connectivity index is 2.33. The summed E-state index contributed by atoms with van der Waals surface area (Å²) in [7, 11) is 0. The van der Waals surface area contributed by atoms with E-state index in [-0.39, 0.29) is 5.92 Å². The van der Waals surface area contributed by atoms with Crippen molar-refractivity contribution in [3.63, 3.8) is 0 Å². The van der Waals surface area contributed by atoms with Gasteiger partial charge in [-0.2, -0.15) is 0 Å². The van der Waals surface area contributed by atoms with E-state index in [0.29, 0.717) is 12.2 Å². The third-order valence-electron chi connectivity index (χ3n) is 2.90. The lowest BCUT2D eigenvalue weighted by Crippen LogP contribution is -2.24. The third-order valence-corrected chi connectivity index (χ3v) is 2.90. The summed E-state index contributed by atoms with van der Waals surface area (Å²) in [6.07, 6.45) is 2.58. The highest BCUT2D eigenvalue weighted by Gasteiger charge is 2.23. The summed E-state index contributed by atoms with van der Waals surface area (Å²) in [5.41, 5.74) is 2.60. The molecule has 68 valence electrons. The molecule has 0 N–H and O–H groups in total. The Morgan fingerprint density at radius 2 is 2.00 bits per heavy atom. The smallest absolute Gasteiger partial charge is 0.140 e. The Labute approximate surface area is 78.8 Å². The highest BCUT2D eigenvalue weighted by molar-refractivity contribution is 5.85. The molecule has 1 atom stereocenters. The lowest BCUT2D eigenvalue weighted by atomic mass is 9.82. The minimum Gasteiger partial charge on any atom is -0.299 e. The highest BCUT2D eigenvalue weighted by atomic mass is 16.1. The fourth-order valence-corrected chi connectivity index (χ4v) is 2.01. The van der Waals surface area contributed by atoms with Gasteiger partial charge in [0.25, 0.3) is 0 Å². The van der Waals surface area contributed by atoms with Gasteiger partial charge in [-0.1, -0.05) is 31.2 Å². The Hall–Kier alpha value is -1.11. The lowest BCUT2D eigenvalue weighted by Gasteiger charge is -2.21. The molecule has 1 nitrogen and oxygen atoms in total. The van der Waals surface area contributed by atoms with Gasteiger partial charge in [-0.05, 0) is 24.0 Å². The SMILES string of the molecule is CC[C@H]1Cc2ccccc2CC1=O. The molecular weight excluding hydrogens is 160 g/mol. The van der Waals surface area contributed by atoms with Gasteiger partial charge in [-0.25, -0.2) is 0 Å². The van der Waals surface area contributed by atoms with Crippen molar-refractivity contribution in [1.82, 2.24) is 0 Å². The average Bonchev–Trinajstić information content (AvgIpc) is 2.17. The molecule has 1 heteroatoms. The number of hydrogen-bond donors (Lipinski definition) is 0. The van der Waals surface area contributed by atoms with Gasteiger partial charge in [-0.15, -0.1) is 0 Å². The van der Waals surface area contributed by atoms with Crippen LogP contribution in [0.5, 0.6) is 0 Å². The van der Waals surface area contributed by atoms with Crippen molar-refractivity contribution < 1.29 is 4.79 Å². The van der Waals surface area contributed by atoms with Crippen LogP contribution >= 0.6 is 0 Å². The second kappa shape index (κ2) is 3.33. The molecule has 13 heavy (non-hydrogen) atoms. The summed E-state index contributed by atoms with van der Waals surface area (Å²) in [6.45, 7) is 2.09. The van der Waals surface area contributed by atoms with E-state index < -0.39 is 0 Å². The molecule has 0 aromatic heterocycles. The van der Waals surface area contributed by atoms with E-state index in [1.54, 1.807) is 0 Å². The van der Waals surface area contributed by atoms with E-state index in [1.807, 2.05) is 6.07 Å².